The first-order valence-corrected chi connectivity index (χ1v) is 7.38. The largest absolute Gasteiger partial charge is 0.496 e. The van der Waals surface area contributed by atoms with Crippen LogP contribution in [0.5, 0.6) is 5.75 Å². The highest BCUT2D eigenvalue weighted by atomic mass is 16.5. The molecule has 0 aliphatic carbocycles. The molecule has 0 unspecified atom stereocenters. The van der Waals surface area contributed by atoms with Crippen molar-refractivity contribution in [2.45, 2.75) is 26.3 Å². The van der Waals surface area contributed by atoms with Crippen molar-refractivity contribution in [1.82, 2.24) is 4.90 Å². The van der Waals surface area contributed by atoms with Gasteiger partial charge in [0.25, 0.3) is 0 Å². The predicted octanol–water partition coefficient (Wildman–Crippen LogP) is 3.02. The molecule has 21 heavy (non-hydrogen) atoms. The Morgan fingerprint density at radius 3 is 3.00 bits per heavy atom. The third-order valence-corrected chi connectivity index (χ3v) is 3.86. The van der Waals surface area contributed by atoms with Crippen molar-refractivity contribution in [3.05, 3.63) is 35.4 Å². The second-order valence-electron chi connectivity index (χ2n) is 5.73. The quantitative estimate of drug-likeness (QED) is 0.847. The minimum atomic E-state index is -0.933. The number of carboxylic acid groups (broad SMARTS) is 1. The van der Waals surface area contributed by atoms with Gasteiger partial charge < -0.3 is 9.84 Å². The molecule has 0 amide bonds. The second-order valence-corrected chi connectivity index (χ2v) is 5.73. The summed E-state index contributed by atoms with van der Waals surface area (Å²) in [6.45, 7) is 5.36. The lowest BCUT2D eigenvalue weighted by atomic mass is 9.99. The molecule has 1 aliphatic heterocycles. The van der Waals surface area contributed by atoms with Crippen molar-refractivity contribution in [1.29, 1.82) is 0 Å². The van der Waals surface area contributed by atoms with E-state index in [-0.39, 0.29) is 0 Å². The number of piperidine rings is 1. The van der Waals surface area contributed by atoms with E-state index < -0.39 is 5.97 Å². The van der Waals surface area contributed by atoms with Crippen molar-refractivity contribution in [2.75, 3.05) is 20.2 Å². The fourth-order valence-corrected chi connectivity index (χ4v) is 2.86. The van der Waals surface area contributed by atoms with E-state index >= 15 is 0 Å². The number of hydrogen-bond acceptors (Lipinski definition) is 3. The fourth-order valence-electron chi connectivity index (χ4n) is 2.86. The minimum Gasteiger partial charge on any atom is -0.496 e. The van der Waals surface area contributed by atoms with Crippen LogP contribution in [0.1, 0.15) is 30.9 Å². The number of carbonyl (C=O) groups is 1. The highest BCUT2D eigenvalue weighted by molar-refractivity contribution is 5.85. The van der Waals surface area contributed by atoms with Crippen LogP contribution in [0.4, 0.5) is 0 Å². The summed E-state index contributed by atoms with van der Waals surface area (Å²) in [5.74, 6) is 0.665. The smallest absolute Gasteiger partial charge is 0.328 e. The van der Waals surface area contributed by atoms with Crippen LogP contribution in [0.3, 0.4) is 0 Å². The van der Waals surface area contributed by atoms with Gasteiger partial charge in [-0.25, -0.2) is 4.79 Å². The van der Waals surface area contributed by atoms with Gasteiger partial charge in [0.2, 0.25) is 0 Å². The van der Waals surface area contributed by atoms with E-state index in [1.54, 1.807) is 13.2 Å². The molecule has 1 aromatic carbocycles. The molecule has 0 saturated carbocycles. The lowest BCUT2D eigenvalue weighted by molar-refractivity contribution is -0.131. The maximum absolute atomic E-state index is 10.6. The van der Waals surface area contributed by atoms with Crippen molar-refractivity contribution < 1.29 is 14.6 Å². The average Bonchev–Trinajstić information content (AvgIpc) is 2.45. The van der Waals surface area contributed by atoms with Gasteiger partial charge >= 0.3 is 5.97 Å². The Kier molecular flexibility index (Phi) is 5.39. The molecule has 0 spiro atoms. The van der Waals surface area contributed by atoms with E-state index in [2.05, 4.69) is 11.8 Å². The van der Waals surface area contributed by atoms with Crippen molar-refractivity contribution in [3.8, 4) is 5.75 Å². The highest BCUT2D eigenvalue weighted by Gasteiger charge is 2.17. The van der Waals surface area contributed by atoms with Gasteiger partial charge in [0.05, 0.1) is 7.11 Å². The lowest BCUT2D eigenvalue weighted by Crippen LogP contribution is -2.33. The average molecular weight is 289 g/mol. The van der Waals surface area contributed by atoms with Crippen LogP contribution in [0.15, 0.2) is 24.3 Å². The molecule has 1 fully saturated rings. The summed E-state index contributed by atoms with van der Waals surface area (Å²) in [6, 6.07) is 5.79. The van der Waals surface area contributed by atoms with E-state index in [0.717, 1.165) is 48.5 Å². The zero-order chi connectivity index (χ0) is 15.2. The van der Waals surface area contributed by atoms with Gasteiger partial charge in [0.1, 0.15) is 5.75 Å². The van der Waals surface area contributed by atoms with Crippen LogP contribution < -0.4 is 4.74 Å². The van der Waals surface area contributed by atoms with E-state index in [4.69, 9.17) is 9.84 Å². The molecular formula is C17H23NO3. The fraction of sp³-hybridized carbons (Fsp3) is 0.471. The number of nitrogens with zero attached hydrogens (tertiary/aromatic N) is 1. The third-order valence-electron chi connectivity index (χ3n) is 3.86. The topological polar surface area (TPSA) is 49.8 Å². The normalized spacial score (nSPS) is 19.8. The molecule has 0 radical (unpaired) electrons. The summed E-state index contributed by atoms with van der Waals surface area (Å²) in [4.78, 5) is 13.1. The van der Waals surface area contributed by atoms with Gasteiger partial charge in [-0.15, -0.1) is 0 Å². The molecule has 1 aliphatic rings. The number of likely N-dealkylation sites (tertiary alicyclic amines) is 1. The van der Waals surface area contributed by atoms with E-state index in [1.165, 1.54) is 12.8 Å². The minimum absolute atomic E-state index is 0.736. The summed E-state index contributed by atoms with van der Waals surface area (Å²) in [6.07, 6.45) is 5.32. The van der Waals surface area contributed by atoms with Crippen LogP contribution in [-0.2, 0) is 11.3 Å². The zero-order valence-electron chi connectivity index (χ0n) is 12.7. The van der Waals surface area contributed by atoms with E-state index in [9.17, 15) is 4.79 Å². The number of carboxylic acids is 1. The first-order valence-electron chi connectivity index (χ1n) is 7.38. The maximum Gasteiger partial charge on any atom is 0.328 e. The Hall–Kier alpha value is -1.81. The standard InChI is InChI=1S/C17H23NO3/c1-13-4-3-9-18(11-13)12-15-10-14(6-8-17(19)20)5-7-16(15)21-2/h5-8,10,13H,3-4,9,11-12H2,1-2H3,(H,19,20)/b8-6+/t13-/m1/s1. The molecule has 1 N–H and O–H groups in total. The SMILES string of the molecule is COc1ccc(/C=C/C(=O)O)cc1CN1CCC[C@@H](C)C1. The van der Waals surface area contributed by atoms with E-state index in [0.29, 0.717) is 0 Å². The Morgan fingerprint density at radius 2 is 2.33 bits per heavy atom. The third kappa shape index (κ3) is 4.60. The number of aliphatic carboxylic acids is 1. The van der Waals surface area contributed by atoms with Gasteiger partial charge in [-0.1, -0.05) is 13.0 Å². The summed E-state index contributed by atoms with van der Waals surface area (Å²) in [5, 5.41) is 8.72. The molecule has 1 aromatic rings. The second kappa shape index (κ2) is 7.27. The van der Waals surface area contributed by atoms with Crippen molar-refractivity contribution in [3.63, 3.8) is 0 Å². The molecule has 2 rings (SSSR count). The number of methoxy groups -OCH3 is 1. The number of rotatable bonds is 5. The molecular weight excluding hydrogens is 266 g/mol. The summed E-state index contributed by atoms with van der Waals surface area (Å²) >= 11 is 0. The summed E-state index contributed by atoms with van der Waals surface area (Å²) in [5.41, 5.74) is 2.00. The number of hydrogen-bond donors (Lipinski definition) is 1. The Balaban J connectivity index is 2.15. The Labute approximate surface area is 126 Å². The molecule has 1 saturated heterocycles. The first-order chi connectivity index (χ1) is 10.1. The summed E-state index contributed by atoms with van der Waals surface area (Å²) in [7, 11) is 1.67. The Morgan fingerprint density at radius 1 is 1.52 bits per heavy atom. The predicted molar refractivity (Wildman–Crippen MR) is 83.3 cm³/mol. The first kappa shape index (κ1) is 15.6. The maximum atomic E-state index is 10.6. The molecule has 114 valence electrons. The Bertz CT molecular complexity index is 525. The van der Waals surface area contributed by atoms with Gasteiger partial charge in [-0.05, 0) is 49.1 Å². The molecule has 0 bridgehead atoms. The number of ether oxygens (including phenoxy) is 1. The van der Waals surface area contributed by atoms with E-state index in [1.807, 2.05) is 18.2 Å². The van der Waals surface area contributed by atoms with Crippen LogP contribution in [0.25, 0.3) is 6.08 Å². The molecule has 4 nitrogen and oxygen atoms in total. The number of benzene rings is 1. The van der Waals surface area contributed by atoms with Crippen LogP contribution >= 0.6 is 0 Å². The van der Waals surface area contributed by atoms with Crippen LogP contribution in [0, 0.1) is 5.92 Å². The van der Waals surface area contributed by atoms with Crippen LogP contribution in [0.2, 0.25) is 0 Å². The van der Waals surface area contributed by atoms with Gasteiger partial charge in [-0.3, -0.25) is 4.90 Å². The summed E-state index contributed by atoms with van der Waals surface area (Å²) < 4.78 is 5.43. The van der Waals surface area contributed by atoms with Gasteiger partial charge in [-0.2, -0.15) is 0 Å². The van der Waals surface area contributed by atoms with Gasteiger partial charge in [0.15, 0.2) is 0 Å². The molecule has 4 heteroatoms. The zero-order valence-corrected chi connectivity index (χ0v) is 12.7. The van der Waals surface area contributed by atoms with Crippen molar-refractivity contribution in [2.24, 2.45) is 5.92 Å². The van der Waals surface area contributed by atoms with Gasteiger partial charge in [0, 0.05) is 24.7 Å². The van der Waals surface area contributed by atoms with Crippen molar-refractivity contribution >= 4 is 12.0 Å². The molecule has 0 aromatic heterocycles. The highest BCUT2D eigenvalue weighted by Crippen LogP contribution is 2.25. The monoisotopic (exact) mass is 289 g/mol. The lowest BCUT2D eigenvalue weighted by Gasteiger charge is -2.31. The molecule has 1 atom stereocenters. The van der Waals surface area contributed by atoms with Crippen LogP contribution in [-0.4, -0.2) is 36.2 Å². The molecule has 1 heterocycles.